The summed E-state index contributed by atoms with van der Waals surface area (Å²) in [6.07, 6.45) is 3.21. The van der Waals surface area contributed by atoms with E-state index < -0.39 is 17.5 Å². The second-order valence-electron chi connectivity index (χ2n) is 9.26. The molecule has 172 valence electrons. The van der Waals surface area contributed by atoms with Gasteiger partial charge in [0.25, 0.3) is 0 Å². The Balaban J connectivity index is 1.35. The average molecular weight is 453 g/mol. The summed E-state index contributed by atoms with van der Waals surface area (Å²) in [4.78, 5) is 4.58. The van der Waals surface area contributed by atoms with E-state index in [0.717, 1.165) is 58.1 Å². The smallest absolute Gasteiger partial charge is 0.162 e. The highest BCUT2D eigenvalue weighted by atomic mass is 19.2. The number of likely N-dealkylation sites (tertiary alicyclic amines) is 1. The zero-order valence-electron chi connectivity index (χ0n) is 18.4. The molecule has 2 aliphatic heterocycles. The molecule has 1 spiro atoms. The van der Waals surface area contributed by atoms with Gasteiger partial charge in [0.2, 0.25) is 0 Å². The van der Waals surface area contributed by atoms with E-state index in [0.29, 0.717) is 5.69 Å². The molecule has 5 rings (SSSR count). The van der Waals surface area contributed by atoms with Gasteiger partial charge in [-0.3, -0.25) is 4.90 Å². The van der Waals surface area contributed by atoms with Crippen LogP contribution in [0.2, 0.25) is 0 Å². The van der Waals surface area contributed by atoms with E-state index in [1.165, 1.54) is 29.8 Å². The summed E-state index contributed by atoms with van der Waals surface area (Å²) in [5.74, 6) is -1.88. The summed E-state index contributed by atoms with van der Waals surface area (Å²) in [6.45, 7) is 4.45. The third-order valence-corrected chi connectivity index (χ3v) is 6.79. The summed E-state index contributed by atoms with van der Waals surface area (Å²) >= 11 is 0. The predicted molar refractivity (Wildman–Crippen MR) is 123 cm³/mol. The van der Waals surface area contributed by atoms with Crippen molar-refractivity contribution in [2.75, 3.05) is 31.1 Å². The second kappa shape index (κ2) is 9.10. The minimum Gasteiger partial charge on any atom is -0.455 e. The Morgan fingerprint density at radius 3 is 2.45 bits per heavy atom. The first-order chi connectivity index (χ1) is 16.0. The molecule has 1 atom stereocenters. The molecule has 3 nitrogen and oxygen atoms in total. The van der Waals surface area contributed by atoms with Crippen LogP contribution < -0.4 is 9.64 Å². The van der Waals surface area contributed by atoms with E-state index in [4.69, 9.17) is 4.74 Å². The van der Waals surface area contributed by atoms with Gasteiger partial charge in [-0.25, -0.2) is 13.2 Å². The first-order valence-electron chi connectivity index (χ1n) is 11.4. The van der Waals surface area contributed by atoms with E-state index >= 15 is 0 Å². The van der Waals surface area contributed by atoms with Gasteiger partial charge >= 0.3 is 0 Å². The van der Waals surface area contributed by atoms with Gasteiger partial charge < -0.3 is 9.64 Å². The Bertz CT molecular complexity index is 1120. The minimum atomic E-state index is -0.981. The number of ether oxygens (including phenoxy) is 1. The lowest BCUT2D eigenvalue weighted by Gasteiger charge is -2.40. The van der Waals surface area contributed by atoms with Crippen molar-refractivity contribution in [2.45, 2.75) is 25.8 Å². The molecule has 0 amide bonds. The van der Waals surface area contributed by atoms with Crippen molar-refractivity contribution in [3.8, 4) is 11.5 Å². The maximum Gasteiger partial charge on any atom is 0.162 e. The molecule has 0 saturated carbocycles. The highest BCUT2D eigenvalue weighted by Crippen LogP contribution is 2.44. The quantitative estimate of drug-likeness (QED) is 0.446. The zero-order valence-corrected chi connectivity index (χ0v) is 18.4. The van der Waals surface area contributed by atoms with Crippen molar-refractivity contribution in [3.05, 3.63) is 89.7 Å². The summed E-state index contributed by atoms with van der Waals surface area (Å²) in [6, 6.07) is 18.4. The van der Waals surface area contributed by atoms with Gasteiger partial charge in [-0.2, -0.15) is 0 Å². The molecular weight excluding hydrogens is 425 g/mol. The van der Waals surface area contributed by atoms with E-state index in [1.807, 2.05) is 6.07 Å². The van der Waals surface area contributed by atoms with Gasteiger partial charge in [0.05, 0.1) is 5.69 Å². The topological polar surface area (TPSA) is 15.7 Å². The van der Waals surface area contributed by atoms with Crippen molar-refractivity contribution < 1.29 is 17.9 Å². The molecule has 0 N–H and O–H groups in total. The van der Waals surface area contributed by atoms with Gasteiger partial charge in [-0.05, 0) is 43.5 Å². The molecule has 0 aliphatic carbocycles. The molecule has 2 fully saturated rings. The van der Waals surface area contributed by atoms with Crippen LogP contribution >= 0.6 is 0 Å². The maximum atomic E-state index is 14.2. The van der Waals surface area contributed by atoms with Crippen LogP contribution in [-0.2, 0) is 6.54 Å². The van der Waals surface area contributed by atoms with E-state index in [2.05, 4.69) is 34.1 Å². The molecule has 3 aromatic rings. The van der Waals surface area contributed by atoms with E-state index in [-0.39, 0.29) is 16.9 Å². The number of benzene rings is 3. The number of anilines is 1. The van der Waals surface area contributed by atoms with Gasteiger partial charge in [0.1, 0.15) is 11.6 Å². The Morgan fingerprint density at radius 1 is 0.818 bits per heavy atom. The molecule has 2 heterocycles. The van der Waals surface area contributed by atoms with E-state index in [9.17, 15) is 13.2 Å². The van der Waals surface area contributed by atoms with Crippen LogP contribution in [0.25, 0.3) is 0 Å². The minimum absolute atomic E-state index is 0.105. The predicted octanol–water partition coefficient (Wildman–Crippen LogP) is 6.39. The fourth-order valence-electron chi connectivity index (χ4n) is 5.26. The van der Waals surface area contributed by atoms with Gasteiger partial charge in [-0.1, -0.05) is 36.4 Å². The molecule has 33 heavy (non-hydrogen) atoms. The molecule has 2 saturated heterocycles. The molecule has 0 radical (unpaired) electrons. The summed E-state index contributed by atoms with van der Waals surface area (Å²) < 4.78 is 47.7. The van der Waals surface area contributed by atoms with Crippen LogP contribution in [0.15, 0.2) is 66.7 Å². The second-order valence-corrected chi connectivity index (χ2v) is 9.26. The zero-order chi connectivity index (χ0) is 22.8. The Kier molecular flexibility index (Phi) is 6.02. The normalized spacial score (nSPS) is 21.0. The van der Waals surface area contributed by atoms with Crippen molar-refractivity contribution in [3.63, 3.8) is 0 Å². The van der Waals surface area contributed by atoms with Crippen LogP contribution in [0.5, 0.6) is 11.5 Å². The summed E-state index contributed by atoms with van der Waals surface area (Å²) in [7, 11) is 0. The molecule has 1 unspecified atom stereocenters. The highest BCUT2D eigenvalue weighted by molar-refractivity contribution is 5.61. The molecule has 3 aromatic carbocycles. The number of hydrogen-bond acceptors (Lipinski definition) is 3. The van der Waals surface area contributed by atoms with Crippen molar-refractivity contribution >= 4 is 5.69 Å². The fourth-order valence-corrected chi connectivity index (χ4v) is 5.26. The van der Waals surface area contributed by atoms with Crippen LogP contribution in [0, 0.1) is 22.9 Å². The number of hydrogen-bond donors (Lipinski definition) is 0. The van der Waals surface area contributed by atoms with Gasteiger partial charge in [-0.15, -0.1) is 0 Å². The van der Waals surface area contributed by atoms with E-state index in [1.54, 1.807) is 6.07 Å². The number of piperidine rings is 1. The molecule has 6 heteroatoms. The standard InChI is InChI=1S/C27H27F3N2O/c28-21-8-4-9-22(14-21)33-26-16-24(30)23(29)15-25(26)32-13-11-27(19-32)10-5-12-31(18-27)17-20-6-2-1-3-7-20/h1-4,6-9,14-16H,5,10-13,17-19H2. The first-order valence-corrected chi connectivity index (χ1v) is 11.4. The fraction of sp³-hybridized carbons (Fsp3) is 0.333. The lowest BCUT2D eigenvalue weighted by atomic mass is 9.79. The highest BCUT2D eigenvalue weighted by Gasteiger charge is 2.42. The molecular formula is C27H27F3N2O. The third kappa shape index (κ3) is 4.86. The lowest BCUT2D eigenvalue weighted by Crippen LogP contribution is -2.44. The van der Waals surface area contributed by atoms with Crippen LogP contribution in [-0.4, -0.2) is 31.1 Å². The largest absolute Gasteiger partial charge is 0.455 e. The summed E-state index contributed by atoms with van der Waals surface area (Å²) in [5.41, 5.74) is 1.92. The monoisotopic (exact) mass is 452 g/mol. The lowest BCUT2D eigenvalue weighted by molar-refractivity contribution is 0.0992. The molecule has 0 aromatic heterocycles. The number of rotatable bonds is 5. The summed E-state index contributed by atoms with van der Waals surface area (Å²) in [5, 5.41) is 0. The van der Waals surface area contributed by atoms with Gasteiger partial charge in [0, 0.05) is 49.8 Å². The Hall–Kier alpha value is -2.99. The number of halogens is 3. The van der Waals surface area contributed by atoms with Crippen LogP contribution in [0.1, 0.15) is 24.8 Å². The van der Waals surface area contributed by atoms with Crippen LogP contribution in [0.3, 0.4) is 0 Å². The molecule has 0 bridgehead atoms. The first kappa shape index (κ1) is 21.8. The number of nitrogens with zero attached hydrogens (tertiary/aromatic N) is 2. The van der Waals surface area contributed by atoms with Crippen molar-refractivity contribution in [1.29, 1.82) is 0 Å². The van der Waals surface area contributed by atoms with Crippen molar-refractivity contribution in [1.82, 2.24) is 4.90 Å². The van der Waals surface area contributed by atoms with Gasteiger partial charge in [0.15, 0.2) is 17.4 Å². The Morgan fingerprint density at radius 2 is 1.64 bits per heavy atom. The molecule has 2 aliphatic rings. The average Bonchev–Trinajstić information content (AvgIpc) is 3.19. The van der Waals surface area contributed by atoms with Crippen LogP contribution in [0.4, 0.5) is 18.9 Å². The third-order valence-electron chi connectivity index (χ3n) is 6.79. The SMILES string of the molecule is Fc1cccc(Oc2cc(F)c(F)cc2N2CCC3(CCCN(Cc4ccccc4)C3)C2)c1. The Labute approximate surface area is 192 Å². The maximum absolute atomic E-state index is 14.2. The van der Waals surface area contributed by atoms with Crippen molar-refractivity contribution in [2.24, 2.45) is 5.41 Å².